The molecule has 1 unspecified atom stereocenters. The molecule has 0 aliphatic heterocycles. The van der Waals surface area contributed by atoms with Gasteiger partial charge in [0.15, 0.2) is 6.04 Å². The molecule has 3 N–H and O–H groups in total. The Labute approximate surface area is 241 Å². The molecular weight excluding hydrogens is 569 g/mol. The predicted molar refractivity (Wildman–Crippen MR) is 150 cm³/mol. The fourth-order valence-corrected chi connectivity index (χ4v) is 4.38. The normalized spacial score (nSPS) is 12.1. The van der Waals surface area contributed by atoms with Crippen LogP contribution < -0.4 is 20.1 Å². The van der Waals surface area contributed by atoms with Crippen molar-refractivity contribution in [3.63, 3.8) is 0 Å². The molecule has 0 fully saturated rings. The largest absolute Gasteiger partial charge is 0.573 e. The zero-order valence-electron chi connectivity index (χ0n) is 22.2. The Morgan fingerprint density at radius 3 is 2.33 bits per heavy atom. The Morgan fingerprint density at radius 2 is 1.58 bits per heavy atom. The number of halogens is 3. The molecule has 1 heterocycles. The molecule has 43 heavy (non-hydrogen) atoms. The summed E-state index contributed by atoms with van der Waals surface area (Å²) in [6.07, 6.45) is -5.18. The maximum atomic E-state index is 13.5. The summed E-state index contributed by atoms with van der Waals surface area (Å²) in [4.78, 5) is 36.5. The lowest BCUT2D eigenvalue weighted by molar-refractivity contribution is -0.274. The lowest BCUT2D eigenvalue weighted by atomic mass is 10.1. The molecule has 0 bridgehead atoms. The first-order valence-electron chi connectivity index (χ1n) is 12.9. The molecule has 12 heteroatoms. The van der Waals surface area contributed by atoms with Crippen molar-refractivity contribution in [2.24, 2.45) is 0 Å². The van der Waals surface area contributed by atoms with Gasteiger partial charge in [-0.2, -0.15) is 0 Å². The molecule has 0 saturated carbocycles. The van der Waals surface area contributed by atoms with E-state index < -0.39 is 36.0 Å². The first-order valence-corrected chi connectivity index (χ1v) is 12.9. The maximum absolute atomic E-state index is 13.5. The van der Waals surface area contributed by atoms with Crippen LogP contribution in [0, 0.1) is 0 Å². The smallest absolute Gasteiger partial charge is 0.481 e. The van der Waals surface area contributed by atoms with E-state index in [-0.39, 0.29) is 29.8 Å². The van der Waals surface area contributed by atoms with Crippen LogP contribution in [0.2, 0.25) is 0 Å². The van der Waals surface area contributed by atoms with Gasteiger partial charge in [-0.25, -0.2) is 4.79 Å². The molecule has 0 spiro atoms. The maximum Gasteiger partial charge on any atom is 0.573 e. The molecule has 4 aromatic carbocycles. The Bertz CT molecular complexity index is 1800. The topological polar surface area (TPSA) is 127 Å². The molecule has 1 aromatic heterocycles. The number of alkyl halides is 3. The number of aliphatic carboxylic acids is 1. The van der Waals surface area contributed by atoms with E-state index >= 15 is 0 Å². The second-order valence-corrected chi connectivity index (χ2v) is 9.35. The van der Waals surface area contributed by atoms with Gasteiger partial charge in [0, 0.05) is 28.6 Å². The summed E-state index contributed by atoms with van der Waals surface area (Å²) >= 11 is 0. The standard InChI is InChI=1S/C31H23F3N2O7/c32-31(33,34)43-22-5-3-4-19(16-22)28(36-20-10-8-18(9-11-20)29(39)35-15-14-27(37)38)30(40)41-21-12-13-26-24(17-21)23-6-1-2-7-25(23)42-26/h1-13,16-17,28,36H,14-15H2,(H,35,39)(H,37,38). The number of hydrogen-bond donors (Lipinski definition) is 3. The van der Waals surface area contributed by atoms with E-state index in [0.29, 0.717) is 22.2 Å². The summed E-state index contributed by atoms with van der Waals surface area (Å²) < 4.78 is 54.2. The fraction of sp³-hybridized carbons (Fsp3) is 0.129. The van der Waals surface area contributed by atoms with E-state index in [9.17, 15) is 27.6 Å². The molecule has 5 rings (SSSR count). The van der Waals surface area contributed by atoms with E-state index in [0.717, 1.165) is 17.5 Å². The SMILES string of the molecule is O=C(O)CCNC(=O)c1ccc(NC(C(=O)Oc2ccc3oc4ccccc4c3c2)c2cccc(OC(F)(F)F)c2)cc1. The Morgan fingerprint density at radius 1 is 0.837 bits per heavy atom. The highest BCUT2D eigenvalue weighted by Crippen LogP contribution is 2.33. The molecule has 1 amide bonds. The third-order valence-electron chi connectivity index (χ3n) is 6.31. The molecule has 0 aliphatic carbocycles. The van der Waals surface area contributed by atoms with Gasteiger partial charge in [0.1, 0.15) is 22.7 Å². The number of para-hydroxylation sites is 1. The number of benzene rings is 4. The number of carbonyl (C=O) groups excluding carboxylic acids is 2. The van der Waals surface area contributed by atoms with E-state index in [4.69, 9.17) is 14.3 Å². The lowest BCUT2D eigenvalue weighted by Crippen LogP contribution is -2.27. The molecule has 220 valence electrons. The minimum absolute atomic E-state index is 0.0567. The first-order chi connectivity index (χ1) is 20.6. The molecule has 0 radical (unpaired) electrons. The van der Waals surface area contributed by atoms with Crippen LogP contribution in [0.25, 0.3) is 21.9 Å². The number of carboxylic acid groups (broad SMARTS) is 1. The van der Waals surface area contributed by atoms with Crippen molar-refractivity contribution in [2.45, 2.75) is 18.8 Å². The van der Waals surface area contributed by atoms with E-state index in [1.165, 1.54) is 36.4 Å². The van der Waals surface area contributed by atoms with Gasteiger partial charge in [-0.3, -0.25) is 9.59 Å². The Hall–Kier alpha value is -5.52. The van der Waals surface area contributed by atoms with Gasteiger partial charge in [0.2, 0.25) is 0 Å². The van der Waals surface area contributed by atoms with Gasteiger partial charge in [-0.1, -0.05) is 30.3 Å². The number of carboxylic acids is 1. The van der Waals surface area contributed by atoms with Gasteiger partial charge in [-0.05, 0) is 66.2 Å². The van der Waals surface area contributed by atoms with Crippen LogP contribution in [0.15, 0.2) is 95.4 Å². The van der Waals surface area contributed by atoms with Gasteiger partial charge in [-0.15, -0.1) is 13.2 Å². The number of fused-ring (bicyclic) bond motifs is 3. The van der Waals surface area contributed by atoms with Crippen molar-refractivity contribution in [3.05, 3.63) is 102 Å². The number of esters is 1. The molecule has 9 nitrogen and oxygen atoms in total. The average molecular weight is 593 g/mol. The van der Waals surface area contributed by atoms with E-state index in [1.54, 1.807) is 18.2 Å². The quantitative estimate of drug-likeness (QED) is 0.125. The summed E-state index contributed by atoms with van der Waals surface area (Å²) in [5.41, 5.74) is 1.94. The molecular formula is C31H23F3N2O7. The summed E-state index contributed by atoms with van der Waals surface area (Å²) in [5, 5.41) is 15.7. The van der Waals surface area contributed by atoms with Gasteiger partial charge in [0.25, 0.3) is 5.91 Å². The number of furan rings is 1. The van der Waals surface area contributed by atoms with Crippen molar-refractivity contribution in [3.8, 4) is 11.5 Å². The van der Waals surface area contributed by atoms with Crippen molar-refractivity contribution >= 4 is 45.5 Å². The summed E-state index contributed by atoms with van der Waals surface area (Å²) in [7, 11) is 0. The lowest BCUT2D eigenvalue weighted by Gasteiger charge is -2.20. The van der Waals surface area contributed by atoms with Crippen molar-refractivity contribution in [1.82, 2.24) is 5.32 Å². The second-order valence-electron chi connectivity index (χ2n) is 9.35. The molecule has 5 aromatic rings. The minimum atomic E-state index is -4.94. The first kappa shape index (κ1) is 29.0. The number of amides is 1. The number of ether oxygens (including phenoxy) is 2. The van der Waals surface area contributed by atoms with Crippen molar-refractivity contribution in [1.29, 1.82) is 0 Å². The van der Waals surface area contributed by atoms with Crippen molar-refractivity contribution < 1.29 is 46.6 Å². The van der Waals surface area contributed by atoms with Crippen LogP contribution in [0.5, 0.6) is 11.5 Å². The zero-order chi connectivity index (χ0) is 30.6. The highest BCUT2D eigenvalue weighted by atomic mass is 19.4. The minimum Gasteiger partial charge on any atom is -0.481 e. The monoisotopic (exact) mass is 592 g/mol. The van der Waals surface area contributed by atoms with E-state index in [1.807, 2.05) is 24.3 Å². The van der Waals surface area contributed by atoms with Crippen molar-refractivity contribution in [2.75, 3.05) is 11.9 Å². The average Bonchev–Trinajstić information content (AvgIpc) is 3.33. The van der Waals surface area contributed by atoms with Gasteiger partial charge < -0.3 is 29.6 Å². The summed E-state index contributed by atoms with van der Waals surface area (Å²) in [5.74, 6) is -2.72. The predicted octanol–water partition coefficient (Wildman–Crippen LogP) is 6.45. The van der Waals surface area contributed by atoms with Crippen LogP contribution in [0.4, 0.5) is 18.9 Å². The summed E-state index contributed by atoms with van der Waals surface area (Å²) in [6.45, 7) is -0.0567. The zero-order valence-corrected chi connectivity index (χ0v) is 22.2. The molecule has 0 aliphatic rings. The Balaban J connectivity index is 1.41. The van der Waals surface area contributed by atoms with Crippen LogP contribution >= 0.6 is 0 Å². The number of nitrogens with one attached hydrogen (secondary N) is 2. The fourth-order valence-electron chi connectivity index (χ4n) is 4.38. The van der Waals surface area contributed by atoms with Gasteiger partial charge in [0.05, 0.1) is 6.42 Å². The van der Waals surface area contributed by atoms with Crippen LogP contribution in [-0.2, 0) is 9.59 Å². The second kappa shape index (κ2) is 12.1. The highest BCUT2D eigenvalue weighted by molar-refractivity contribution is 6.05. The number of hydrogen-bond acceptors (Lipinski definition) is 7. The molecule has 1 atom stereocenters. The van der Waals surface area contributed by atoms with Crippen LogP contribution in [0.1, 0.15) is 28.4 Å². The number of rotatable bonds is 10. The highest BCUT2D eigenvalue weighted by Gasteiger charge is 2.32. The van der Waals surface area contributed by atoms with Crippen LogP contribution in [0.3, 0.4) is 0 Å². The van der Waals surface area contributed by atoms with Crippen LogP contribution in [-0.4, -0.2) is 35.9 Å². The third-order valence-corrected chi connectivity index (χ3v) is 6.31. The molecule has 0 saturated heterocycles. The summed E-state index contributed by atoms with van der Waals surface area (Å²) in [6, 6.07) is 21.7. The van der Waals surface area contributed by atoms with E-state index in [2.05, 4.69) is 15.4 Å². The number of carbonyl (C=O) groups is 3. The Kier molecular flexibility index (Phi) is 8.19. The van der Waals surface area contributed by atoms with Gasteiger partial charge >= 0.3 is 18.3 Å². The third kappa shape index (κ3) is 7.22. The number of anilines is 1.